The van der Waals surface area contributed by atoms with Crippen LogP contribution in [0.4, 0.5) is 0 Å². The van der Waals surface area contributed by atoms with Gasteiger partial charge in [-0.2, -0.15) is 4.31 Å². The summed E-state index contributed by atoms with van der Waals surface area (Å²) in [6.45, 7) is -0.0560. The first-order chi connectivity index (χ1) is 10.8. The largest absolute Gasteiger partial charge is 0.351 e. The van der Waals surface area contributed by atoms with Crippen LogP contribution >= 0.6 is 34.5 Å². The molecule has 0 radical (unpaired) electrons. The van der Waals surface area contributed by atoms with Gasteiger partial charge in [0.25, 0.3) is 10.0 Å². The van der Waals surface area contributed by atoms with Gasteiger partial charge in [-0.25, -0.2) is 8.42 Å². The van der Waals surface area contributed by atoms with Crippen molar-refractivity contribution in [3.63, 3.8) is 0 Å². The van der Waals surface area contributed by atoms with E-state index in [1.165, 1.54) is 19.2 Å². The van der Waals surface area contributed by atoms with Crippen molar-refractivity contribution < 1.29 is 13.2 Å². The Morgan fingerprint density at radius 2 is 1.91 bits per heavy atom. The second-order valence-corrected chi connectivity index (χ2v) is 9.08. The van der Waals surface area contributed by atoms with E-state index in [9.17, 15) is 13.2 Å². The van der Waals surface area contributed by atoms with Crippen molar-refractivity contribution >= 4 is 50.5 Å². The number of hydrogen-bond acceptors (Lipinski definition) is 4. The summed E-state index contributed by atoms with van der Waals surface area (Å²) in [6.07, 6.45) is 0. The van der Waals surface area contributed by atoms with Crippen LogP contribution in [-0.2, 0) is 21.4 Å². The molecule has 1 aromatic carbocycles. The van der Waals surface area contributed by atoms with Crippen LogP contribution in [0.2, 0.25) is 9.36 Å². The number of carbonyl (C=O) groups is 1. The van der Waals surface area contributed by atoms with Gasteiger partial charge in [0.15, 0.2) is 0 Å². The number of thiophene rings is 1. The summed E-state index contributed by atoms with van der Waals surface area (Å²) in [4.78, 5) is 11.9. The van der Waals surface area contributed by atoms with Crippen molar-refractivity contribution in [2.45, 2.75) is 10.8 Å². The van der Waals surface area contributed by atoms with Crippen LogP contribution in [-0.4, -0.2) is 32.2 Å². The van der Waals surface area contributed by atoms with Crippen LogP contribution in [0.25, 0.3) is 0 Å². The van der Waals surface area contributed by atoms with Crippen molar-refractivity contribution in [1.82, 2.24) is 9.62 Å². The molecule has 2 rings (SSSR count). The molecule has 1 N–H and O–H groups in total. The molecule has 0 aliphatic carbocycles. The number of halogens is 2. The molecule has 0 spiro atoms. The van der Waals surface area contributed by atoms with Crippen molar-refractivity contribution in [1.29, 1.82) is 0 Å². The fourth-order valence-electron chi connectivity index (χ4n) is 1.77. The summed E-state index contributed by atoms with van der Waals surface area (Å²) < 4.78 is 26.0. The summed E-state index contributed by atoms with van der Waals surface area (Å²) in [7, 11) is -2.38. The standard InChI is InChI=1S/C14H14Cl2N2O3S2/c1-18(23(20,21)14-7-6-12(16)22-14)9-13(19)17-8-10-4-2-3-5-11(10)15/h2-7H,8-9H2,1H3,(H,17,19). The zero-order chi connectivity index (χ0) is 17.0. The molecule has 0 aliphatic rings. The highest BCUT2D eigenvalue weighted by molar-refractivity contribution is 7.91. The molecular formula is C14H14Cl2N2O3S2. The number of sulfonamides is 1. The Bertz CT molecular complexity index is 806. The summed E-state index contributed by atoms with van der Waals surface area (Å²) in [5, 5.41) is 3.19. The monoisotopic (exact) mass is 392 g/mol. The summed E-state index contributed by atoms with van der Waals surface area (Å²) in [5.41, 5.74) is 0.762. The van der Waals surface area contributed by atoms with Gasteiger partial charge < -0.3 is 5.32 Å². The molecular weight excluding hydrogens is 379 g/mol. The third-order valence-corrected chi connectivity index (χ3v) is 6.88. The minimum absolute atomic E-state index is 0.101. The van der Waals surface area contributed by atoms with E-state index in [1.807, 2.05) is 6.07 Å². The molecule has 1 heterocycles. The van der Waals surface area contributed by atoms with Gasteiger partial charge >= 0.3 is 0 Å². The molecule has 23 heavy (non-hydrogen) atoms. The van der Waals surface area contributed by atoms with Crippen LogP contribution in [0.15, 0.2) is 40.6 Å². The van der Waals surface area contributed by atoms with Crippen molar-refractivity contribution in [2.24, 2.45) is 0 Å². The molecule has 0 fully saturated rings. The van der Waals surface area contributed by atoms with Gasteiger partial charge in [0, 0.05) is 18.6 Å². The molecule has 0 saturated carbocycles. The Kier molecular flexibility index (Phi) is 6.05. The van der Waals surface area contributed by atoms with Crippen molar-refractivity contribution in [2.75, 3.05) is 13.6 Å². The second-order valence-electron chi connectivity index (χ2n) is 4.69. The van der Waals surface area contributed by atoms with Gasteiger partial charge in [-0.15, -0.1) is 11.3 Å². The molecule has 5 nitrogen and oxygen atoms in total. The molecule has 0 saturated heterocycles. The average Bonchev–Trinajstić information content (AvgIpc) is 2.93. The molecule has 0 atom stereocenters. The Hall–Kier alpha value is -1.12. The molecule has 124 valence electrons. The first-order valence-corrected chi connectivity index (χ1v) is 9.53. The minimum Gasteiger partial charge on any atom is -0.351 e. The Balaban J connectivity index is 1.96. The summed E-state index contributed by atoms with van der Waals surface area (Å²) >= 11 is 12.7. The molecule has 0 bridgehead atoms. The predicted octanol–water partition coefficient (Wildman–Crippen LogP) is 2.99. The average molecular weight is 393 g/mol. The number of benzene rings is 1. The van der Waals surface area contributed by atoms with Crippen LogP contribution in [0.1, 0.15) is 5.56 Å². The quantitative estimate of drug-likeness (QED) is 0.821. The maximum Gasteiger partial charge on any atom is 0.252 e. The number of amides is 1. The number of likely N-dealkylation sites (N-methyl/N-ethyl adjacent to an activating group) is 1. The van der Waals surface area contributed by atoms with Gasteiger partial charge in [0.05, 0.1) is 10.9 Å². The van der Waals surface area contributed by atoms with E-state index in [1.54, 1.807) is 18.2 Å². The van der Waals surface area contributed by atoms with Crippen molar-refractivity contribution in [3.8, 4) is 0 Å². The predicted molar refractivity (Wildman–Crippen MR) is 92.4 cm³/mol. The van der Waals surface area contributed by atoms with Gasteiger partial charge in [-0.05, 0) is 23.8 Å². The van der Waals surface area contributed by atoms with Crippen LogP contribution in [0.5, 0.6) is 0 Å². The van der Waals surface area contributed by atoms with Gasteiger partial charge in [0.2, 0.25) is 5.91 Å². The maximum absolute atomic E-state index is 12.3. The van der Waals surface area contributed by atoms with E-state index < -0.39 is 15.9 Å². The fraction of sp³-hybridized carbons (Fsp3) is 0.214. The van der Waals surface area contributed by atoms with E-state index in [-0.39, 0.29) is 17.3 Å². The number of carbonyl (C=O) groups excluding carboxylic acids is 1. The lowest BCUT2D eigenvalue weighted by atomic mass is 10.2. The third kappa shape index (κ3) is 4.68. The molecule has 2 aromatic rings. The van der Waals surface area contributed by atoms with E-state index >= 15 is 0 Å². The van der Waals surface area contributed by atoms with Gasteiger partial charge in [-0.1, -0.05) is 41.4 Å². The van der Waals surface area contributed by atoms with E-state index in [4.69, 9.17) is 23.2 Å². The Morgan fingerprint density at radius 3 is 2.52 bits per heavy atom. The van der Waals surface area contributed by atoms with Gasteiger partial charge in [-0.3, -0.25) is 4.79 Å². The third-order valence-electron chi connectivity index (χ3n) is 3.01. The fourth-order valence-corrected chi connectivity index (χ4v) is 4.79. The van der Waals surface area contributed by atoms with E-state index in [0.717, 1.165) is 21.2 Å². The minimum atomic E-state index is -3.72. The molecule has 0 unspecified atom stereocenters. The van der Waals surface area contributed by atoms with Crippen LogP contribution in [0.3, 0.4) is 0 Å². The van der Waals surface area contributed by atoms with E-state index in [0.29, 0.717) is 9.36 Å². The Morgan fingerprint density at radius 1 is 1.22 bits per heavy atom. The number of nitrogens with one attached hydrogen (secondary N) is 1. The zero-order valence-electron chi connectivity index (χ0n) is 12.1. The molecule has 1 amide bonds. The van der Waals surface area contributed by atoms with Crippen LogP contribution < -0.4 is 5.32 Å². The normalized spacial score (nSPS) is 11.7. The number of hydrogen-bond donors (Lipinski definition) is 1. The van der Waals surface area contributed by atoms with Gasteiger partial charge in [0.1, 0.15) is 4.21 Å². The van der Waals surface area contributed by atoms with E-state index in [2.05, 4.69) is 5.32 Å². The lowest BCUT2D eigenvalue weighted by Gasteiger charge is -2.15. The maximum atomic E-state index is 12.3. The van der Waals surface area contributed by atoms with Crippen molar-refractivity contribution in [3.05, 3.63) is 51.3 Å². The summed E-state index contributed by atoms with van der Waals surface area (Å²) in [6, 6.07) is 10.0. The second kappa shape index (κ2) is 7.63. The molecule has 1 aromatic heterocycles. The topological polar surface area (TPSA) is 66.5 Å². The zero-order valence-corrected chi connectivity index (χ0v) is 15.3. The highest BCUT2D eigenvalue weighted by Crippen LogP contribution is 2.27. The number of nitrogens with zero attached hydrogens (tertiary/aromatic N) is 1. The highest BCUT2D eigenvalue weighted by atomic mass is 35.5. The summed E-state index contributed by atoms with van der Waals surface area (Å²) in [5.74, 6) is -0.418. The smallest absolute Gasteiger partial charge is 0.252 e. The Labute approximate surface area is 148 Å². The number of rotatable bonds is 6. The lowest BCUT2D eigenvalue weighted by molar-refractivity contribution is -0.121. The molecule has 0 aliphatic heterocycles. The highest BCUT2D eigenvalue weighted by Gasteiger charge is 2.24. The first kappa shape index (κ1) is 18.2. The SMILES string of the molecule is CN(CC(=O)NCc1ccccc1Cl)S(=O)(=O)c1ccc(Cl)s1. The lowest BCUT2D eigenvalue weighted by Crippen LogP contribution is -2.37. The van der Waals surface area contributed by atoms with Crippen LogP contribution in [0, 0.1) is 0 Å². The molecule has 9 heteroatoms. The first-order valence-electron chi connectivity index (χ1n) is 6.52.